The fourth-order valence-corrected chi connectivity index (χ4v) is 22.9. The Morgan fingerprint density at radius 1 is 0.857 bits per heavy atom. The first-order chi connectivity index (χ1) is 22.7. The van der Waals surface area contributed by atoms with Gasteiger partial charge in [-0.2, -0.15) is 0 Å². The highest BCUT2D eigenvalue weighted by Gasteiger charge is 2.53. The number of carboxylic acid groups (broad SMARTS) is 1. The van der Waals surface area contributed by atoms with E-state index in [-0.39, 0.29) is 30.0 Å². The highest BCUT2D eigenvalue weighted by molar-refractivity contribution is 6.78. The third kappa shape index (κ3) is 8.47. The van der Waals surface area contributed by atoms with Crippen molar-refractivity contribution in [1.82, 2.24) is 0 Å². The van der Waals surface area contributed by atoms with Gasteiger partial charge in [0.25, 0.3) is 0 Å². The highest BCUT2D eigenvalue weighted by Crippen LogP contribution is 2.60. The summed E-state index contributed by atoms with van der Waals surface area (Å²) in [7, 11) is -4.28. The number of aliphatic hydroxyl groups is 1. The van der Waals surface area contributed by atoms with Gasteiger partial charge in [-0.05, 0) is 106 Å². The van der Waals surface area contributed by atoms with Gasteiger partial charge in [0, 0.05) is 6.42 Å². The van der Waals surface area contributed by atoms with Crippen LogP contribution in [-0.4, -0.2) is 51.1 Å². The Labute approximate surface area is 304 Å². The molecular formula is C42H76O5Si2. The predicted octanol–water partition coefficient (Wildman–Crippen LogP) is 12.0. The van der Waals surface area contributed by atoms with Crippen LogP contribution in [0, 0.1) is 23.2 Å². The molecule has 3 aliphatic rings. The van der Waals surface area contributed by atoms with Crippen LogP contribution < -0.4 is 0 Å². The molecule has 0 spiro atoms. The van der Waals surface area contributed by atoms with Gasteiger partial charge < -0.3 is 19.1 Å². The molecule has 0 saturated heterocycles. The average molecular weight is 717 g/mol. The van der Waals surface area contributed by atoms with Gasteiger partial charge in [-0.25, -0.2) is 0 Å². The van der Waals surface area contributed by atoms with Crippen LogP contribution in [0.25, 0.3) is 0 Å². The normalized spacial score (nSPS) is 30.1. The first-order valence-electron chi connectivity index (χ1n) is 20.0. The predicted molar refractivity (Wildman–Crippen MR) is 212 cm³/mol. The van der Waals surface area contributed by atoms with Gasteiger partial charge >= 0.3 is 5.97 Å². The van der Waals surface area contributed by atoms with Crippen molar-refractivity contribution in [3.05, 3.63) is 35.5 Å². The van der Waals surface area contributed by atoms with E-state index >= 15 is 0 Å². The van der Waals surface area contributed by atoms with E-state index in [0.717, 1.165) is 50.5 Å². The first kappa shape index (κ1) is 42.4. The summed E-state index contributed by atoms with van der Waals surface area (Å²) in [5, 5.41) is 20.2. The summed E-state index contributed by atoms with van der Waals surface area (Å²) in [5.74, 6) is -0.162. The lowest BCUT2D eigenvalue weighted by molar-refractivity contribution is -0.140. The minimum Gasteiger partial charge on any atom is -0.481 e. The molecule has 0 aliphatic heterocycles. The number of hydrogen-bond acceptors (Lipinski definition) is 4. The molecule has 0 aromatic carbocycles. The summed E-state index contributed by atoms with van der Waals surface area (Å²) in [4.78, 5) is 11.4. The summed E-state index contributed by atoms with van der Waals surface area (Å²) in [5.41, 5.74) is 7.10. The van der Waals surface area contributed by atoms with Crippen molar-refractivity contribution in [2.75, 3.05) is 0 Å². The highest BCUT2D eigenvalue weighted by atomic mass is 28.4. The van der Waals surface area contributed by atoms with Gasteiger partial charge in [-0.15, -0.1) is 0 Å². The zero-order valence-electron chi connectivity index (χ0n) is 34.1. The standard InChI is InChI=1S/C42H76O5Si2/c1-26(2)48(27(3)4,28(5)6)46-36-23-35(32(13)40(24-36)47-49(29(7)8,30(9)10)31(11)12)19-18-34-17-16-22-42(15)37(20-21-38(34)42)33(14)39(43)25-41(44)45/h18-19,26-31,33,36-40,43H,13,16-17,20-25H2,1-12,14-15H3,(H,44,45)/b34-18?,35-19+/t33-,36+,37+,38-,39?,40-,42+/m0/s1. The van der Waals surface area contributed by atoms with E-state index in [2.05, 4.69) is 109 Å². The molecular weight excluding hydrogens is 641 g/mol. The van der Waals surface area contributed by atoms with Crippen LogP contribution in [-0.2, 0) is 13.6 Å². The molecule has 0 heterocycles. The fourth-order valence-electron chi connectivity index (χ4n) is 11.8. The zero-order valence-corrected chi connectivity index (χ0v) is 36.1. The number of carboxylic acids is 1. The summed E-state index contributed by atoms with van der Waals surface area (Å²) in [6.45, 7) is 37.8. The Kier molecular flexibility index (Phi) is 14.5. The van der Waals surface area contributed by atoms with Gasteiger partial charge in [0.2, 0.25) is 16.6 Å². The van der Waals surface area contributed by atoms with E-state index < -0.39 is 28.7 Å². The van der Waals surface area contributed by atoms with Gasteiger partial charge in [0.05, 0.1) is 24.7 Å². The molecule has 7 heteroatoms. The minimum absolute atomic E-state index is 0.0302. The maximum absolute atomic E-state index is 11.4. The molecule has 5 nitrogen and oxygen atoms in total. The number of aliphatic hydroxyl groups excluding tert-OH is 1. The number of fused-ring (bicyclic) bond motifs is 1. The Bertz CT molecular complexity index is 1160. The van der Waals surface area contributed by atoms with Crippen LogP contribution in [0.1, 0.15) is 148 Å². The van der Waals surface area contributed by atoms with Crippen molar-refractivity contribution in [3.63, 3.8) is 0 Å². The quantitative estimate of drug-likeness (QED) is 0.165. The zero-order chi connectivity index (χ0) is 37.2. The van der Waals surface area contributed by atoms with Gasteiger partial charge in [0.1, 0.15) is 0 Å². The maximum atomic E-state index is 11.4. The SMILES string of the molecule is C=C1/C(=C/C=C2CCC[C@]3(C)[C@@H]([C@H](C)C(O)CC(=O)O)CC[C@@H]23)C[C@@H](O[Si](C(C)C)(C(C)C)C(C)C)C[C@@H]1O[Si](C(C)C)(C(C)C)C(C)C. The molecule has 3 fully saturated rings. The number of hydrogen-bond donors (Lipinski definition) is 2. The molecule has 282 valence electrons. The van der Waals surface area contributed by atoms with E-state index in [4.69, 9.17) is 15.4 Å². The molecule has 1 unspecified atom stereocenters. The van der Waals surface area contributed by atoms with E-state index in [1.807, 2.05) is 0 Å². The lowest BCUT2D eigenvalue weighted by atomic mass is 9.60. The number of carbonyl (C=O) groups is 1. The van der Waals surface area contributed by atoms with Gasteiger partial charge in [-0.3, -0.25) is 4.79 Å². The third-order valence-electron chi connectivity index (χ3n) is 14.0. The summed E-state index contributed by atoms with van der Waals surface area (Å²) < 4.78 is 15.1. The largest absolute Gasteiger partial charge is 0.481 e. The summed E-state index contributed by atoms with van der Waals surface area (Å²) in [6, 6.07) is 0. The second-order valence-corrected chi connectivity index (χ2v) is 29.3. The van der Waals surface area contributed by atoms with Crippen LogP contribution in [0.15, 0.2) is 35.5 Å². The molecule has 0 amide bonds. The van der Waals surface area contributed by atoms with Gasteiger partial charge in [-0.1, -0.05) is 121 Å². The molecule has 3 saturated carbocycles. The van der Waals surface area contributed by atoms with Crippen molar-refractivity contribution in [2.45, 2.75) is 200 Å². The smallest absolute Gasteiger partial charge is 0.305 e. The molecule has 7 atom stereocenters. The van der Waals surface area contributed by atoms with Crippen molar-refractivity contribution >= 4 is 22.6 Å². The van der Waals surface area contributed by atoms with Crippen LogP contribution >= 0.6 is 0 Å². The van der Waals surface area contributed by atoms with Crippen molar-refractivity contribution < 1.29 is 23.9 Å². The third-order valence-corrected chi connectivity index (χ3v) is 26.3. The fraction of sp³-hybridized carbons (Fsp3) is 0.833. The molecule has 2 N–H and O–H groups in total. The van der Waals surface area contributed by atoms with Crippen molar-refractivity contribution in [1.29, 1.82) is 0 Å². The monoisotopic (exact) mass is 717 g/mol. The Balaban J connectivity index is 2.04. The number of rotatable bonds is 15. The molecule has 49 heavy (non-hydrogen) atoms. The second-order valence-electron chi connectivity index (χ2n) is 18.5. The number of allylic oxidation sites excluding steroid dienone is 3. The molecule has 0 aromatic heterocycles. The molecule has 0 aromatic rings. The average Bonchev–Trinajstić information content (AvgIpc) is 3.34. The Hall–Kier alpha value is -0.996. The van der Waals surface area contributed by atoms with E-state index in [1.165, 1.54) is 11.1 Å². The molecule has 3 aliphatic carbocycles. The molecule has 3 rings (SSSR count). The van der Waals surface area contributed by atoms with Gasteiger partial charge in [0.15, 0.2) is 0 Å². The van der Waals surface area contributed by atoms with E-state index in [9.17, 15) is 15.0 Å². The van der Waals surface area contributed by atoms with Crippen LogP contribution in [0.4, 0.5) is 0 Å². The van der Waals surface area contributed by atoms with Crippen molar-refractivity contribution in [3.8, 4) is 0 Å². The van der Waals surface area contributed by atoms with Crippen LogP contribution in [0.5, 0.6) is 0 Å². The molecule has 0 bridgehead atoms. The summed E-state index contributed by atoms with van der Waals surface area (Å²) in [6.07, 6.45) is 11.2. The minimum atomic E-state index is -2.17. The van der Waals surface area contributed by atoms with Crippen molar-refractivity contribution in [2.24, 2.45) is 23.2 Å². The Morgan fingerprint density at radius 3 is 1.86 bits per heavy atom. The lowest BCUT2D eigenvalue weighted by Gasteiger charge is -2.49. The second kappa shape index (κ2) is 16.8. The molecule has 0 radical (unpaired) electrons. The van der Waals surface area contributed by atoms with Crippen LogP contribution in [0.2, 0.25) is 33.2 Å². The lowest BCUT2D eigenvalue weighted by Crippen LogP contribution is -2.54. The summed E-state index contributed by atoms with van der Waals surface area (Å²) >= 11 is 0. The van der Waals surface area contributed by atoms with E-state index in [1.54, 1.807) is 0 Å². The number of aliphatic carboxylic acids is 1. The maximum Gasteiger partial charge on any atom is 0.305 e. The topological polar surface area (TPSA) is 76.0 Å². The Morgan fingerprint density at radius 2 is 1.37 bits per heavy atom. The van der Waals surface area contributed by atoms with E-state index in [0.29, 0.717) is 45.1 Å². The first-order valence-corrected chi connectivity index (χ1v) is 24.3. The van der Waals surface area contributed by atoms with Crippen LogP contribution in [0.3, 0.4) is 0 Å².